The predicted octanol–water partition coefficient (Wildman–Crippen LogP) is 4.96. The predicted molar refractivity (Wildman–Crippen MR) is 119 cm³/mol. The number of nitrogens with zero attached hydrogens (tertiary/aromatic N) is 3. The summed E-state index contributed by atoms with van der Waals surface area (Å²) < 4.78 is 3.34. The van der Waals surface area contributed by atoms with Gasteiger partial charge in [0.1, 0.15) is 11.1 Å². The van der Waals surface area contributed by atoms with E-state index in [4.69, 9.17) is 23.2 Å². The van der Waals surface area contributed by atoms with Crippen molar-refractivity contribution in [3.63, 3.8) is 0 Å². The molecule has 0 saturated carbocycles. The highest BCUT2D eigenvalue weighted by Crippen LogP contribution is 2.48. The normalized spacial score (nSPS) is 19.2. The minimum atomic E-state index is -0.429. The molecule has 1 fully saturated rings. The lowest BCUT2D eigenvalue weighted by Gasteiger charge is -2.24. The van der Waals surface area contributed by atoms with Crippen LogP contribution in [0.3, 0.4) is 0 Å². The molecule has 2 unspecified atom stereocenters. The van der Waals surface area contributed by atoms with E-state index < -0.39 is 5.37 Å². The average molecular weight is 448 g/mol. The number of carbonyl (C=O) groups is 1. The van der Waals surface area contributed by atoms with Gasteiger partial charge in [0.25, 0.3) is 5.56 Å². The van der Waals surface area contributed by atoms with Gasteiger partial charge in [-0.15, -0.1) is 11.8 Å². The van der Waals surface area contributed by atoms with E-state index in [1.165, 1.54) is 11.8 Å². The molecule has 2 aromatic carbocycles. The zero-order chi connectivity index (χ0) is 20.9. The minimum Gasteiger partial charge on any atom is -0.288 e. The average Bonchev–Trinajstić information content (AvgIpc) is 3.11. The van der Waals surface area contributed by atoms with Gasteiger partial charge in [0.2, 0.25) is 5.91 Å². The molecule has 1 aliphatic heterocycles. The molecule has 1 amide bonds. The van der Waals surface area contributed by atoms with Gasteiger partial charge in [-0.25, -0.2) is 4.68 Å². The first-order valence-electron chi connectivity index (χ1n) is 9.09. The summed E-state index contributed by atoms with van der Waals surface area (Å²) in [5.74, 6) is -0.123. The first-order chi connectivity index (χ1) is 13.8. The van der Waals surface area contributed by atoms with Gasteiger partial charge in [-0.1, -0.05) is 53.5 Å². The number of rotatable bonds is 3. The maximum atomic E-state index is 13.5. The Hall–Kier alpha value is -2.15. The van der Waals surface area contributed by atoms with E-state index in [-0.39, 0.29) is 16.7 Å². The summed E-state index contributed by atoms with van der Waals surface area (Å²) in [7, 11) is 1.81. The van der Waals surface area contributed by atoms with Crippen molar-refractivity contribution < 1.29 is 4.79 Å². The summed E-state index contributed by atoms with van der Waals surface area (Å²) in [6.45, 7) is 3.68. The van der Waals surface area contributed by atoms with Gasteiger partial charge in [0.15, 0.2) is 0 Å². The largest absolute Gasteiger partial charge is 0.295 e. The fourth-order valence-electron chi connectivity index (χ4n) is 3.61. The number of benzene rings is 2. The van der Waals surface area contributed by atoms with E-state index in [2.05, 4.69) is 0 Å². The second-order valence-corrected chi connectivity index (χ2v) is 9.10. The highest BCUT2D eigenvalue weighted by atomic mass is 35.5. The minimum absolute atomic E-state index is 0.123. The van der Waals surface area contributed by atoms with Crippen LogP contribution >= 0.6 is 35.0 Å². The Balaban J connectivity index is 1.92. The maximum Gasteiger partial charge on any atom is 0.295 e. The Morgan fingerprint density at radius 2 is 1.69 bits per heavy atom. The fourth-order valence-corrected chi connectivity index (χ4v) is 5.37. The van der Waals surface area contributed by atoms with Crippen molar-refractivity contribution in [2.45, 2.75) is 24.5 Å². The molecule has 0 N–H and O–H groups in total. The van der Waals surface area contributed by atoms with Gasteiger partial charge in [-0.2, -0.15) is 0 Å². The van der Waals surface area contributed by atoms with E-state index in [1.807, 2.05) is 57.3 Å². The van der Waals surface area contributed by atoms with Gasteiger partial charge < -0.3 is 0 Å². The van der Waals surface area contributed by atoms with Crippen LogP contribution < -0.4 is 10.5 Å². The number of thioether (sulfide) groups is 1. The Bertz CT molecular complexity index is 1160. The number of halogens is 2. The van der Waals surface area contributed by atoms with Gasteiger partial charge >= 0.3 is 0 Å². The first-order valence-corrected chi connectivity index (χ1v) is 10.8. The van der Waals surface area contributed by atoms with Crippen LogP contribution in [-0.2, 0) is 11.8 Å². The number of para-hydroxylation sites is 1. The highest BCUT2D eigenvalue weighted by molar-refractivity contribution is 8.01. The monoisotopic (exact) mass is 447 g/mol. The van der Waals surface area contributed by atoms with Crippen molar-refractivity contribution in [1.29, 1.82) is 0 Å². The molecule has 1 saturated heterocycles. The zero-order valence-electron chi connectivity index (χ0n) is 16.1. The summed E-state index contributed by atoms with van der Waals surface area (Å²) >= 11 is 14.1. The molecule has 1 aromatic heterocycles. The summed E-state index contributed by atoms with van der Waals surface area (Å²) in [6.07, 6.45) is 0. The van der Waals surface area contributed by atoms with Gasteiger partial charge in [-0.05, 0) is 32.0 Å². The SMILES string of the molecule is Cc1c(N2C(=O)C(C)SC2c2cccc(Cl)c2Cl)c(=O)n(-c2ccccc2)n1C. The van der Waals surface area contributed by atoms with Crippen LogP contribution in [0, 0.1) is 6.92 Å². The van der Waals surface area contributed by atoms with E-state index in [1.54, 1.807) is 26.4 Å². The third-order valence-electron chi connectivity index (χ3n) is 5.16. The Labute approximate surface area is 182 Å². The van der Waals surface area contributed by atoms with E-state index in [9.17, 15) is 9.59 Å². The maximum absolute atomic E-state index is 13.5. The molecular formula is C21H19Cl2N3O2S. The summed E-state index contributed by atoms with van der Waals surface area (Å²) in [5.41, 5.74) is 2.27. The Kier molecular flexibility index (Phi) is 5.27. The van der Waals surface area contributed by atoms with Crippen molar-refractivity contribution in [3.8, 4) is 5.69 Å². The van der Waals surface area contributed by atoms with Crippen LogP contribution in [0.2, 0.25) is 10.0 Å². The molecule has 150 valence electrons. The molecule has 5 nitrogen and oxygen atoms in total. The third-order valence-corrected chi connectivity index (χ3v) is 7.33. The number of hydrogen-bond donors (Lipinski definition) is 0. The standard InChI is InChI=1S/C21H19Cl2N3O2S/c1-12-18(20(28)26(24(12)3)14-8-5-4-6-9-14)25-19(27)13(2)29-21(25)15-10-7-11-16(22)17(15)23/h4-11,13,21H,1-3H3. The molecule has 2 heterocycles. The molecule has 8 heteroatoms. The third kappa shape index (κ3) is 3.19. The van der Waals surface area contributed by atoms with Gasteiger partial charge in [-0.3, -0.25) is 19.2 Å². The van der Waals surface area contributed by atoms with Crippen LogP contribution in [0.25, 0.3) is 5.69 Å². The number of carbonyl (C=O) groups excluding carboxylic acids is 1. The molecular weight excluding hydrogens is 429 g/mol. The second kappa shape index (κ2) is 7.59. The molecule has 0 spiro atoms. The number of hydrogen-bond acceptors (Lipinski definition) is 3. The van der Waals surface area contributed by atoms with Crippen molar-refractivity contribution in [2.75, 3.05) is 4.90 Å². The second-order valence-electron chi connectivity index (χ2n) is 6.89. The smallest absolute Gasteiger partial charge is 0.288 e. The first kappa shape index (κ1) is 20.1. The molecule has 1 aliphatic rings. The number of amides is 1. The lowest BCUT2D eigenvalue weighted by Crippen LogP contribution is -2.34. The molecule has 29 heavy (non-hydrogen) atoms. The lowest BCUT2D eigenvalue weighted by atomic mass is 10.2. The van der Waals surface area contributed by atoms with Crippen molar-refractivity contribution >= 4 is 46.6 Å². The van der Waals surface area contributed by atoms with Crippen LogP contribution in [0.1, 0.15) is 23.6 Å². The quantitative estimate of drug-likeness (QED) is 0.569. The topological polar surface area (TPSA) is 47.2 Å². The van der Waals surface area contributed by atoms with Gasteiger partial charge in [0, 0.05) is 12.6 Å². The van der Waals surface area contributed by atoms with Crippen LogP contribution in [-0.4, -0.2) is 20.5 Å². The fraction of sp³-hybridized carbons (Fsp3) is 0.238. The van der Waals surface area contributed by atoms with Crippen molar-refractivity contribution in [1.82, 2.24) is 9.36 Å². The number of anilines is 1. The Morgan fingerprint density at radius 3 is 2.38 bits per heavy atom. The summed E-state index contributed by atoms with van der Waals surface area (Å²) in [6, 6.07) is 14.7. The van der Waals surface area contributed by atoms with Crippen molar-refractivity contribution in [2.24, 2.45) is 7.05 Å². The van der Waals surface area contributed by atoms with E-state index in [0.29, 0.717) is 21.4 Å². The zero-order valence-corrected chi connectivity index (χ0v) is 18.4. The van der Waals surface area contributed by atoms with E-state index >= 15 is 0 Å². The van der Waals surface area contributed by atoms with Crippen LogP contribution in [0.4, 0.5) is 5.69 Å². The molecule has 4 rings (SSSR count). The van der Waals surface area contributed by atoms with Crippen LogP contribution in [0.5, 0.6) is 0 Å². The van der Waals surface area contributed by atoms with Crippen LogP contribution in [0.15, 0.2) is 53.3 Å². The molecule has 0 radical (unpaired) electrons. The Morgan fingerprint density at radius 1 is 1.00 bits per heavy atom. The molecule has 2 atom stereocenters. The molecule has 0 aliphatic carbocycles. The molecule has 0 bridgehead atoms. The molecule has 3 aromatic rings. The summed E-state index contributed by atoms with van der Waals surface area (Å²) in [5, 5.41) is 0.0830. The van der Waals surface area contributed by atoms with Crippen molar-refractivity contribution in [3.05, 3.63) is 80.2 Å². The lowest BCUT2D eigenvalue weighted by molar-refractivity contribution is -0.117. The number of aromatic nitrogens is 2. The highest BCUT2D eigenvalue weighted by Gasteiger charge is 2.43. The van der Waals surface area contributed by atoms with Gasteiger partial charge in [0.05, 0.1) is 26.7 Å². The summed E-state index contributed by atoms with van der Waals surface area (Å²) in [4.78, 5) is 28.2. The van der Waals surface area contributed by atoms with E-state index in [0.717, 1.165) is 11.3 Å².